The maximum Gasteiger partial charge on any atom is 0.337 e. The molecule has 0 bridgehead atoms. The molecule has 17 heavy (non-hydrogen) atoms. The molecule has 0 fully saturated rings. The Bertz CT molecular complexity index is 712. The standard InChI is InChI=1S/C11H11NO4S/c1-12-6-9(11(13)14)8-5-7(17(2,15)16)3-4-10(8)12/h3-6H,1-2H3,(H,13,14). The van der Waals surface area contributed by atoms with Crippen molar-refractivity contribution in [2.24, 2.45) is 7.05 Å². The number of aryl methyl sites for hydroxylation is 1. The lowest BCUT2D eigenvalue weighted by molar-refractivity contribution is 0.0699. The van der Waals surface area contributed by atoms with Crippen LogP contribution in [0.15, 0.2) is 29.3 Å². The second-order valence-corrected chi connectivity index (χ2v) is 5.93. The van der Waals surface area contributed by atoms with Crippen molar-refractivity contribution in [3.63, 3.8) is 0 Å². The third-order valence-electron chi connectivity index (χ3n) is 2.62. The number of rotatable bonds is 2. The molecule has 5 nitrogen and oxygen atoms in total. The molecule has 2 rings (SSSR count). The van der Waals surface area contributed by atoms with Crippen molar-refractivity contribution in [1.29, 1.82) is 0 Å². The molecule has 0 saturated carbocycles. The van der Waals surface area contributed by atoms with E-state index in [-0.39, 0.29) is 10.5 Å². The predicted octanol–water partition coefficient (Wildman–Crippen LogP) is 1.28. The van der Waals surface area contributed by atoms with Gasteiger partial charge in [0.2, 0.25) is 0 Å². The van der Waals surface area contributed by atoms with Crippen LogP contribution in [0.4, 0.5) is 0 Å². The first-order valence-electron chi connectivity index (χ1n) is 4.83. The van der Waals surface area contributed by atoms with Crippen molar-refractivity contribution in [3.05, 3.63) is 30.0 Å². The van der Waals surface area contributed by atoms with Crippen LogP contribution in [-0.4, -0.2) is 30.3 Å². The van der Waals surface area contributed by atoms with E-state index in [0.29, 0.717) is 10.9 Å². The van der Waals surface area contributed by atoms with Crippen LogP contribution < -0.4 is 0 Å². The van der Waals surface area contributed by atoms with E-state index < -0.39 is 15.8 Å². The van der Waals surface area contributed by atoms with Crippen molar-refractivity contribution in [2.75, 3.05) is 6.26 Å². The highest BCUT2D eigenvalue weighted by Gasteiger charge is 2.15. The third-order valence-corrected chi connectivity index (χ3v) is 3.73. The number of hydrogen-bond donors (Lipinski definition) is 1. The lowest BCUT2D eigenvalue weighted by Gasteiger charge is -2.00. The minimum Gasteiger partial charge on any atom is -0.478 e. The first kappa shape index (κ1) is 11.7. The Morgan fingerprint density at radius 3 is 2.53 bits per heavy atom. The van der Waals surface area contributed by atoms with Crippen molar-refractivity contribution < 1.29 is 18.3 Å². The van der Waals surface area contributed by atoms with Crippen molar-refractivity contribution in [2.45, 2.75) is 4.90 Å². The number of benzene rings is 1. The number of carbonyl (C=O) groups is 1. The molecule has 0 amide bonds. The molecule has 0 aliphatic heterocycles. The number of carboxylic acid groups (broad SMARTS) is 1. The van der Waals surface area contributed by atoms with Gasteiger partial charge in [-0.2, -0.15) is 0 Å². The van der Waals surface area contributed by atoms with E-state index >= 15 is 0 Å². The molecule has 1 aromatic heterocycles. The van der Waals surface area contributed by atoms with Gasteiger partial charge in [-0.3, -0.25) is 0 Å². The lowest BCUT2D eigenvalue weighted by Crippen LogP contribution is -1.98. The molecule has 0 aliphatic carbocycles. The van der Waals surface area contributed by atoms with Gasteiger partial charge < -0.3 is 9.67 Å². The molecule has 0 aliphatic rings. The van der Waals surface area contributed by atoms with E-state index in [0.717, 1.165) is 6.26 Å². The molecule has 6 heteroatoms. The monoisotopic (exact) mass is 253 g/mol. The van der Waals surface area contributed by atoms with Crippen LogP contribution in [0.3, 0.4) is 0 Å². The number of nitrogens with zero attached hydrogens (tertiary/aromatic N) is 1. The van der Waals surface area contributed by atoms with Gasteiger partial charge in [0.05, 0.1) is 10.5 Å². The van der Waals surface area contributed by atoms with E-state index in [9.17, 15) is 13.2 Å². The van der Waals surface area contributed by atoms with E-state index in [4.69, 9.17) is 5.11 Å². The van der Waals surface area contributed by atoms with Gasteiger partial charge in [0.1, 0.15) is 0 Å². The van der Waals surface area contributed by atoms with Gasteiger partial charge in [-0.15, -0.1) is 0 Å². The highest BCUT2D eigenvalue weighted by Crippen LogP contribution is 2.24. The number of aromatic nitrogens is 1. The van der Waals surface area contributed by atoms with Crippen LogP contribution >= 0.6 is 0 Å². The molecular weight excluding hydrogens is 242 g/mol. The average molecular weight is 253 g/mol. The highest BCUT2D eigenvalue weighted by molar-refractivity contribution is 7.90. The maximum atomic E-state index is 11.4. The molecule has 1 N–H and O–H groups in total. The topological polar surface area (TPSA) is 76.4 Å². The van der Waals surface area contributed by atoms with E-state index in [1.807, 2.05) is 0 Å². The van der Waals surface area contributed by atoms with Crippen LogP contribution in [0.5, 0.6) is 0 Å². The molecule has 1 heterocycles. The second kappa shape index (κ2) is 3.59. The fourth-order valence-corrected chi connectivity index (χ4v) is 2.42. The fourth-order valence-electron chi connectivity index (χ4n) is 1.77. The molecule has 0 atom stereocenters. The molecule has 90 valence electrons. The van der Waals surface area contributed by atoms with Crippen LogP contribution in [0.1, 0.15) is 10.4 Å². The Kier molecular flexibility index (Phi) is 2.46. The van der Waals surface area contributed by atoms with Crippen molar-refractivity contribution in [3.8, 4) is 0 Å². The Morgan fingerprint density at radius 2 is 2.00 bits per heavy atom. The number of sulfone groups is 1. The van der Waals surface area contributed by atoms with Crippen molar-refractivity contribution in [1.82, 2.24) is 4.57 Å². The molecule has 2 aromatic rings. The summed E-state index contributed by atoms with van der Waals surface area (Å²) in [5, 5.41) is 9.46. The SMILES string of the molecule is Cn1cc(C(=O)O)c2cc(S(C)(=O)=O)ccc21. The summed E-state index contributed by atoms with van der Waals surface area (Å²) >= 11 is 0. The summed E-state index contributed by atoms with van der Waals surface area (Å²) in [6, 6.07) is 4.48. The minimum absolute atomic E-state index is 0.105. The number of aromatic carboxylic acids is 1. The van der Waals surface area contributed by atoms with E-state index in [1.54, 1.807) is 17.7 Å². The molecule has 0 unspecified atom stereocenters. The van der Waals surface area contributed by atoms with Crippen LogP contribution in [-0.2, 0) is 16.9 Å². The average Bonchev–Trinajstić information content (AvgIpc) is 2.54. The maximum absolute atomic E-state index is 11.4. The molecule has 0 saturated heterocycles. The second-order valence-electron chi connectivity index (χ2n) is 3.91. The third kappa shape index (κ3) is 1.91. The normalized spacial score (nSPS) is 11.9. The van der Waals surface area contributed by atoms with Gasteiger partial charge in [0.25, 0.3) is 0 Å². The van der Waals surface area contributed by atoms with Gasteiger partial charge in [-0.25, -0.2) is 13.2 Å². The van der Waals surface area contributed by atoms with Crippen LogP contribution in [0.2, 0.25) is 0 Å². The summed E-state index contributed by atoms with van der Waals surface area (Å²) in [7, 11) is -1.61. The summed E-state index contributed by atoms with van der Waals surface area (Å²) < 4.78 is 24.5. The number of hydrogen-bond acceptors (Lipinski definition) is 3. The molecule has 0 spiro atoms. The fraction of sp³-hybridized carbons (Fsp3) is 0.182. The summed E-state index contributed by atoms with van der Waals surface area (Å²) in [6.45, 7) is 0. The van der Waals surface area contributed by atoms with Gasteiger partial charge in [0.15, 0.2) is 9.84 Å². The lowest BCUT2D eigenvalue weighted by atomic mass is 10.2. The number of fused-ring (bicyclic) bond motifs is 1. The van der Waals surface area contributed by atoms with Gasteiger partial charge >= 0.3 is 5.97 Å². The predicted molar refractivity (Wildman–Crippen MR) is 63.0 cm³/mol. The first-order chi connectivity index (χ1) is 7.80. The van der Waals surface area contributed by atoms with Crippen LogP contribution in [0.25, 0.3) is 10.9 Å². The van der Waals surface area contributed by atoms with E-state index in [2.05, 4.69) is 0 Å². The largest absolute Gasteiger partial charge is 0.478 e. The van der Waals surface area contributed by atoms with Gasteiger partial charge in [0, 0.05) is 30.4 Å². The highest BCUT2D eigenvalue weighted by atomic mass is 32.2. The Hall–Kier alpha value is -1.82. The zero-order valence-corrected chi connectivity index (χ0v) is 10.2. The minimum atomic E-state index is -3.33. The Balaban J connectivity index is 2.84. The smallest absolute Gasteiger partial charge is 0.337 e. The number of carboxylic acids is 1. The summed E-state index contributed by atoms with van der Waals surface area (Å²) in [5.41, 5.74) is 0.794. The van der Waals surface area contributed by atoms with E-state index in [1.165, 1.54) is 18.3 Å². The van der Waals surface area contributed by atoms with Crippen molar-refractivity contribution >= 4 is 26.7 Å². The van der Waals surface area contributed by atoms with Crippen LogP contribution in [0, 0.1) is 0 Å². The zero-order chi connectivity index (χ0) is 12.8. The summed E-state index contributed by atoms with van der Waals surface area (Å²) in [4.78, 5) is 11.2. The summed E-state index contributed by atoms with van der Waals surface area (Å²) in [5.74, 6) is -1.07. The Morgan fingerprint density at radius 1 is 1.35 bits per heavy atom. The molecule has 0 radical (unpaired) electrons. The molecule has 1 aromatic carbocycles. The first-order valence-corrected chi connectivity index (χ1v) is 6.72. The summed E-state index contributed by atoms with van der Waals surface area (Å²) in [6.07, 6.45) is 2.57. The quantitative estimate of drug-likeness (QED) is 0.874. The molecular formula is C11H11NO4S. The van der Waals surface area contributed by atoms with Gasteiger partial charge in [-0.05, 0) is 18.2 Å². The van der Waals surface area contributed by atoms with Gasteiger partial charge in [-0.1, -0.05) is 0 Å². The zero-order valence-electron chi connectivity index (χ0n) is 9.34. The Labute approximate surface area is 98.2 Å².